The molecule has 5 rings (SSSR count). The first-order chi connectivity index (χ1) is 19.3. The number of nitriles is 1. The minimum absolute atomic E-state index is 0.0175. The molecule has 210 valence electrons. The molecule has 2 fully saturated rings. The van der Waals surface area contributed by atoms with Gasteiger partial charge < -0.3 is 15.1 Å². The Balaban J connectivity index is 1.03. The molecule has 0 aromatic heterocycles. The number of piperazine rings is 1. The summed E-state index contributed by atoms with van der Waals surface area (Å²) < 4.78 is 39.8. The first-order valence-corrected chi connectivity index (χ1v) is 13.9. The first kappa shape index (κ1) is 27.8. The first-order valence-electron chi connectivity index (χ1n) is 13.9. The van der Waals surface area contributed by atoms with Crippen LogP contribution in [0.2, 0.25) is 0 Å². The van der Waals surface area contributed by atoms with Crippen molar-refractivity contribution in [1.29, 1.82) is 5.26 Å². The highest BCUT2D eigenvalue weighted by molar-refractivity contribution is 5.94. The quantitative estimate of drug-likeness (QED) is 0.408. The Morgan fingerprint density at radius 3 is 2.40 bits per heavy atom. The van der Waals surface area contributed by atoms with Crippen LogP contribution in [0.5, 0.6) is 0 Å². The molecular weight excluding hydrogens is 515 g/mol. The van der Waals surface area contributed by atoms with Crippen molar-refractivity contribution in [3.63, 3.8) is 0 Å². The van der Waals surface area contributed by atoms with Gasteiger partial charge in [0, 0.05) is 68.5 Å². The molecule has 6 nitrogen and oxygen atoms in total. The molecule has 2 heterocycles. The van der Waals surface area contributed by atoms with Crippen LogP contribution < -0.4 is 10.2 Å². The molecule has 2 aliphatic rings. The monoisotopic (exact) mass is 549 g/mol. The standard InChI is InChI=1S/C31H34F3N5O/c32-31(33,34)28-21-26(11-10-24(28)22-35)36-25-12-15-39(16-13-25)30(40)9-4-14-37-17-19-38(20-18-37)29-8-3-6-23-5-1-2-7-27(23)29/h1-3,5-8,10-11,21,25,36H,4,9,12-20H2. The Kier molecular flexibility index (Phi) is 8.46. The highest BCUT2D eigenvalue weighted by Crippen LogP contribution is 2.34. The second-order valence-corrected chi connectivity index (χ2v) is 10.6. The van der Waals surface area contributed by atoms with Crippen LogP contribution in [0.4, 0.5) is 24.5 Å². The molecule has 3 aromatic rings. The maximum Gasteiger partial charge on any atom is 0.417 e. The molecule has 0 spiro atoms. The van der Waals surface area contributed by atoms with Gasteiger partial charge in [0.2, 0.25) is 5.91 Å². The van der Waals surface area contributed by atoms with Crippen molar-refractivity contribution in [3.05, 3.63) is 71.8 Å². The molecule has 3 aromatic carbocycles. The van der Waals surface area contributed by atoms with Crippen molar-refractivity contribution in [2.75, 3.05) is 56.0 Å². The largest absolute Gasteiger partial charge is 0.417 e. The summed E-state index contributed by atoms with van der Waals surface area (Å²) in [4.78, 5) is 19.6. The number of amides is 1. The van der Waals surface area contributed by atoms with Gasteiger partial charge in [-0.25, -0.2) is 0 Å². The highest BCUT2D eigenvalue weighted by Gasteiger charge is 2.34. The van der Waals surface area contributed by atoms with Crippen molar-refractivity contribution in [2.45, 2.75) is 37.9 Å². The number of anilines is 2. The number of rotatable bonds is 7. The lowest BCUT2D eigenvalue weighted by Gasteiger charge is -2.37. The minimum atomic E-state index is -4.58. The molecule has 2 saturated heterocycles. The number of alkyl halides is 3. The lowest BCUT2D eigenvalue weighted by molar-refractivity contribution is -0.137. The van der Waals surface area contributed by atoms with Gasteiger partial charge >= 0.3 is 6.18 Å². The van der Waals surface area contributed by atoms with E-state index in [1.165, 1.54) is 28.6 Å². The zero-order valence-corrected chi connectivity index (χ0v) is 22.5. The Hall–Kier alpha value is -3.77. The van der Waals surface area contributed by atoms with Crippen molar-refractivity contribution in [1.82, 2.24) is 9.80 Å². The van der Waals surface area contributed by atoms with Crippen LogP contribution >= 0.6 is 0 Å². The van der Waals surface area contributed by atoms with E-state index in [9.17, 15) is 18.0 Å². The number of benzene rings is 3. The summed E-state index contributed by atoms with van der Waals surface area (Å²) in [5.41, 5.74) is 0.315. The number of hydrogen-bond donors (Lipinski definition) is 1. The zero-order valence-electron chi connectivity index (χ0n) is 22.5. The number of nitrogens with zero attached hydrogens (tertiary/aromatic N) is 4. The third kappa shape index (κ3) is 6.50. The number of fused-ring (bicyclic) bond motifs is 1. The van der Waals surface area contributed by atoms with E-state index in [-0.39, 0.29) is 17.5 Å². The van der Waals surface area contributed by atoms with Gasteiger partial charge in [0.05, 0.1) is 17.2 Å². The Labute approximate surface area is 233 Å². The third-order valence-corrected chi connectivity index (χ3v) is 8.01. The van der Waals surface area contributed by atoms with E-state index in [1.807, 2.05) is 4.90 Å². The average Bonchev–Trinajstić information content (AvgIpc) is 2.97. The summed E-state index contributed by atoms with van der Waals surface area (Å²) in [7, 11) is 0. The highest BCUT2D eigenvalue weighted by atomic mass is 19.4. The Morgan fingerprint density at radius 2 is 1.68 bits per heavy atom. The van der Waals surface area contributed by atoms with Crippen LogP contribution in [0.1, 0.15) is 36.8 Å². The third-order valence-electron chi connectivity index (χ3n) is 8.01. The van der Waals surface area contributed by atoms with Crippen molar-refractivity contribution in [2.24, 2.45) is 0 Å². The van der Waals surface area contributed by atoms with E-state index in [0.29, 0.717) is 38.0 Å². The fourth-order valence-electron chi connectivity index (χ4n) is 5.78. The molecule has 1 amide bonds. The summed E-state index contributed by atoms with van der Waals surface area (Å²) in [6, 6.07) is 20.2. The number of carbonyl (C=O) groups excluding carboxylic acids is 1. The summed E-state index contributed by atoms with van der Waals surface area (Å²) in [5.74, 6) is 0.144. The molecule has 0 saturated carbocycles. The fourth-order valence-corrected chi connectivity index (χ4v) is 5.78. The Bertz CT molecular complexity index is 1360. The van der Waals surface area contributed by atoms with E-state index < -0.39 is 11.7 Å². The normalized spacial score (nSPS) is 17.1. The lowest BCUT2D eigenvalue weighted by Crippen LogP contribution is -2.47. The summed E-state index contributed by atoms with van der Waals surface area (Å²) in [6.45, 7) is 5.94. The molecule has 1 N–H and O–H groups in total. The van der Waals surface area contributed by atoms with E-state index in [4.69, 9.17) is 5.26 Å². The van der Waals surface area contributed by atoms with Gasteiger partial charge in [0.15, 0.2) is 0 Å². The molecule has 9 heteroatoms. The van der Waals surface area contributed by atoms with E-state index in [2.05, 4.69) is 57.6 Å². The maximum absolute atomic E-state index is 13.3. The number of likely N-dealkylation sites (tertiary alicyclic amines) is 1. The molecule has 2 aliphatic heterocycles. The Morgan fingerprint density at radius 1 is 0.950 bits per heavy atom. The molecule has 40 heavy (non-hydrogen) atoms. The smallest absolute Gasteiger partial charge is 0.382 e. The van der Waals surface area contributed by atoms with Crippen LogP contribution in [0.3, 0.4) is 0 Å². The van der Waals surface area contributed by atoms with Gasteiger partial charge in [0.25, 0.3) is 0 Å². The predicted molar refractivity (Wildman–Crippen MR) is 151 cm³/mol. The van der Waals surface area contributed by atoms with Gasteiger partial charge in [-0.2, -0.15) is 18.4 Å². The van der Waals surface area contributed by atoms with Crippen LogP contribution in [0.15, 0.2) is 60.7 Å². The maximum atomic E-state index is 13.3. The number of hydrogen-bond acceptors (Lipinski definition) is 5. The molecule has 0 unspecified atom stereocenters. The minimum Gasteiger partial charge on any atom is -0.382 e. The molecule has 0 radical (unpaired) electrons. The second kappa shape index (κ2) is 12.2. The van der Waals surface area contributed by atoms with Gasteiger partial charge in [-0.1, -0.05) is 36.4 Å². The van der Waals surface area contributed by atoms with Crippen molar-refractivity contribution >= 4 is 28.1 Å². The average molecular weight is 550 g/mol. The van der Waals surface area contributed by atoms with E-state index in [0.717, 1.165) is 45.2 Å². The second-order valence-electron chi connectivity index (χ2n) is 10.6. The summed E-state index contributed by atoms with van der Waals surface area (Å²) in [5, 5.41) is 14.7. The number of nitrogens with one attached hydrogen (secondary N) is 1. The van der Waals surface area contributed by atoms with Gasteiger partial charge in [-0.3, -0.25) is 9.69 Å². The lowest BCUT2D eigenvalue weighted by atomic mass is 10.0. The van der Waals surface area contributed by atoms with Crippen molar-refractivity contribution in [3.8, 4) is 6.07 Å². The van der Waals surface area contributed by atoms with E-state index >= 15 is 0 Å². The number of piperidine rings is 1. The van der Waals surface area contributed by atoms with Gasteiger partial charge in [-0.05, 0) is 55.5 Å². The van der Waals surface area contributed by atoms with Crippen molar-refractivity contribution < 1.29 is 18.0 Å². The summed E-state index contributed by atoms with van der Waals surface area (Å²) >= 11 is 0. The van der Waals surface area contributed by atoms with Crippen LogP contribution in [0, 0.1) is 11.3 Å². The van der Waals surface area contributed by atoms with Gasteiger partial charge in [-0.15, -0.1) is 0 Å². The fraction of sp³-hybridized carbons (Fsp3) is 0.419. The predicted octanol–water partition coefficient (Wildman–Crippen LogP) is 5.74. The molecule has 0 aliphatic carbocycles. The van der Waals surface area contributed by atoms with Gasteiger partial charge in [0.1, 0.15) is 0 Å². The van der Waals surface area contributed by atoms with Crippen LogP contribution in [0.25, 0.3) is 10.8 Å². The molecule has 0 atom stereocenters. The number of halogens is 3. The molecule has 0 bridgehead atoms. The topological polar surface area (TPSA) is 62.6 Å². The van der Waals surface area contributed by atoms with Crippen LogP contribution in [-0.2, 0) is 11.0 Å². The van der Waals surface area contributed by atoms with Crippen LogP contribution in [-0.4, -0.2) is 67.6 Å². The zero-order chi connectivity index (χ0) is 28.1. The van der Waals surface area contributed by atoms with E-state index in [1.54, 1.807) is 6.07 Å². The summed E-state index contributed by atoms with van der Waals surface area (Å²) in [6.07, 6.45) is -1.92. The number of carbonyl (C=O) groups is 1. The molecular formula is C31H34F3N5O. The SMILES string of the molecule is N#Cc1ccc(NC2CCN(C(=O)CCCN3CCN(c4cccc5ccccc45)CC3)CC2)cc1C(F)(F)F.